The van der Waals surface area contributed by atoms with Gasteiger partial charge in [-0.2, -0.15) is 5.26 Å². The Morgan fingerprint density at radius 1 is 1.12 bits per heavy atom. The lowest BCUT2D eigenvalue weighted by atomic mass is 9.80. The van der Waals surface area contributed by atoms with Gasteiger partial charge in [-0.25, -0.2) is 9.59 Å². The lowest BCUT2D eigenvalue weighted by molar-refractivity contribution is -0.139. The van der Waals surface area contributed by atoms with E-state index in [9.17, 15) is 20.0 Å². The third kappa shape index (κ3) is 3.69. The number of allylic oxidation sites excluding steroid dienone is 1. The number of ether oxygens (including phenoxy) is 2. The van der Waals surface area contributed by atoms with Crippen molar-refractivity contribution in [2.24, 2.45) is 5.73 Å². The molecule has 1 unspecified atom stereocenters. The van der Waals surface area contributed by atoms with E-state index in [4.69, 9.17) is 15.2 Å². The van der Waals surface area contributed by atoms with E-state index in [1.54, 1.807) is 43.3 Å². The van der Waals surface area contributed by atoms with Crippen LogP contribution in [0.5, 0.6) is 5.75 Å². The average molecular weight is 498 g/mol. The SMILES string of the molecule is COC(=O)C1=C(C(=O)OC)N(c2c(O)ccc(Br)c2C)C(N)=C(C#N)C1c1ccccc1. The van der Waals surface area contributed by atoms with Gasteiger partial charge in [0.05, 0.1) is 43.0 Å². The number of halogens is 1. The van der Waals surface area contributed by atoms with Crippen LogP contribution in [0.1, 0.15) is 17.0 Å². The van der Waals surface area contributed by atoms with Crippen molar-refractivity contribution in [3.05, 3.63) is 80.7 Å². The van der Waals surface area contributed by atoms with Gasteiger partial charge in [-0.15, -0.1) is 0 Å². The van der Waals surface area contributed by atoms with Gasteiger partial charge in [0.2, 0.25) is 0 Å². The molecule has 0 fully saturated rings. The van der Waals surface area contributed by atoms with Gasteiger partial charge in [-0.3, -0.25) is 4.90 Å². The second-order valence-corrected chi connectivity index (χ2v) is 7.73. The van der Waals surface area contributed by atoms with E-state index < -0.39 is 17.9 Å². The van der Waals surface area contributed by atoms with Gasteiger partial charge in [-0.1, -0.05) is 46.3 Å². The number of esters is 2. The Hall–Kier alpha value is -3.77. The van der Waals surface area contributed by atoms with E-state index in [0.717, 1.165) is 7.11 Å². The molecule has 2 aromatic rings. The number of methoxy groups -OCH3 is 2. The van der Waals surface area contributed by atoms with Gasteiger partial charge in [0, 0.05) is 4.47 Å². The second-order valence-electron chi connectivity index (χ2n) is 6.88. The van der Waals surface area contributed by atoms with Gasteiger partial charge < -0.3 is 20.3 Å². The summed E-state index contributed by atoms with van der Waals surface area (Å²) in [5.74, 6) is -3.03. The van der Waals surface area contributed by atoms with Crippen molar-refractivity contribution in [2.45, 2.75) is 12.8 Å². The summed E-state index contributed by atoms with van der Waals surface area (Å²) >= 11 is 3.40. The molecule has 1 heterocycles. The number of hydrogen-bond donors (Lipinski definition) is 2. The normalized spacial score (nSPS) is 16.0. The van der Waals surface area contributed by atoms with E-state index in [1.165, 1.54) is 18.1 Å². The van der Waals surface area contributed by atoms with Crippen LogP contribution in [0.25, 0.3) is 0 Å². The van der Waals surface area contributed by atoms with Crippen LogP contribution in [-0.2, 0) is 19.1 Å². The van der Waals surface area contributed by atoms with Crippen LogP contribution in [0.2, 0.25) is 0 Å². The van der Waals surface area contributed by atoms with Crippen LogP contribution < -0.4 is 10.6 Å². The van der Waals surface area contributed by atoms with Gasteiger partial charge in [-0.05, 0) is 30.2 Å². The van der Waals surface area contributed by atoms with Crippen LogP contribution in [0.15, 0.2) is 69.6 Å². The van der Waals surface area contributed by atoms with E-state index in [1.807, 2.05) is 0 Å². The third-order valence-corrected chi connectivity index (χ3v) is 6.04. The van der Waals surface area contributed by atoms with Gasteiger partial charge in [0.15, 0.2) is 0 Å². The number of nitrogens with two attached hydrogens (primary N) is 1. The minimum atomic E-state index is -0.978. The van der Waals surface area contributed by atoms with Crippen molar-refractivity contribution in [1.82, 2.24) is 0 Å². The predicted octanol–water partition coefficient (Wildman–Crippen LogP) is 3.36. The number of phenolic OH excluding ortho intramolecular Hbond substituents is 1. The molecule has 1 aliphatic heterocycles. The highest BCUT2D eigenvalue weighted by Gasteiger charge is 2.44. The number of benzene rings is 2. The number of nitrogens with zero attached hydrogens (tertiary/aromatic N) is 2. The molecule has 1 aliphatic rings. The number of rotatable bonds is 4. The standard InChI is InChI=1S/C23H20BrN3O5/c1-12-15(24)9-10-16(28)19(12)27-20(23(30)32-3)18(22(29)31-2)17(14(11-25)21(27)26)13-7-5-4-6-8-13/h4-10,17,28H,26H2,1-3H3. The first-order chi connectivity index (χ1) is 15.3. The smallest absolute Gasteiger partial charge is 0.355 e. The molecule has 0 saturated carbocycles. The van der Waals surface area contributed by atoms with E-state index in [-0.39, 0.29) is 34.1 Å². The number of carbonyl (C=O) groups excluding carboxylic acids is 2. The van der Waals surface area contributed by atoms with Crippen LogP contribution in [0.3, 0.4) is 0 Å². The molecule has 0 aliphatic carbocycles. The Morgan fingerprint density at radius 3 is 2.31 bits per heavy atom. The number of carbonyl (C=O) groups is 2. The number of hydrogen-bond acceptors (Lipinski definition) is 8. The van der Waals surface area contributed by atoms with Crippen LogP contribution >= 0.6 is 15.9 Å². The average Bonchev–Trinajstić information content (AvgIpc) is 2.81. The summed E-state index contributed by atoms with van der Waals surface area (Å²) in [6, 6.07) is 13.8. The highest BCUT2D eigenvalue weighted by molar-refractivity contribution is 9.10. The highest BCUT2D eigenvalue weighted by atomic mass is 79.9. The maximum Gasteiger partial charge on any atom is 0.355 e. The summed E-state index contributed by atoms with van der Waals surface area (Å²) < 4.78 is 10.6. The van der Waals surface area contributed by atoms with Crippen molar-refractivity contribution >= 4 is 33.6 Å². The number of phenols is 1. The molecule has 0 spiro atoms. The van der Waals surface area contributed by atoms with Crippen molar-refractivity contribution in [3.8, 4) is 11.8 Å². The summed E-state index contributed by atoms with van der Waals surface area (Å²) in [6.07, 6.45) is 0. The number of nitriles is 1. The van der Waals surface area contributed by atoms with Gasteiger partial charge in [0.25, 0.3) is 0 Å². The zero-order valence-electron chi connectivity index (χ0n) is 17.5. The first kappa shape index (κ1) is 22.9. The maximum absolute atomic E-state index is 13.0. The third-order valence-electron chi connectivity index (χ3n) is 5.18. The molecule has 2 aromatic carbocycles. The molecular formula is C23H20BrN3O5. The molecule has 3 rings (SSSR count). The molecule has 0 aromatic heterocycles. The maximum atomic E-state index is 13.0. The molecular weight excluding hydrogens is 478 g/mol. The summed E-state index contributed by atoms with van der Waals surface area (Å²) in [5, 5.41) is 20.7. The molecule has 8 nitrogen and oxygen atoms in total. The fraction of sp³-hybridized carbons (Fsp3) is 0.174. The van der Waals surface area contributed by atoms with Crippen LogP contribution in [-0.4, -0.2) is 31.3 Å². The van der Waals surface area contributed by atoms with Crippen molar-refractivity contribution in [1.29, 1.82) is 5.26 Å². The fourth-order valence-electron chi connectivity index (χ4n) is 3.69. The minimum absolute atomic E-state index is 0.0167. The first-order valence-electron chi connectivity index (χ1n) is 9.42. The molecule has 164 valence electrons. The summed E-state index contributed by atoms with van der Waals surface area (Å²) in [5.41, 5.74) is 7.27. The van der Waals surface area contributed by atoms with Crippen LogP contribution in [0, 0.1) is 18.3 Å². The van der Waals surface area contributed by atoms with Crippen molar-refractivity contribution < 1.29 is 24.2 Å². The number of anilines is 1. The first-order valence-corrected chi connectivity index (χ1v) is 10.2. The second kappa shape index (κ2) is 9.16. The molecule has 0 amide bonds. The lowest BCUT2D eigenvalue weighted by Crippen LogP contribution is -2.41. The largest absolute Gasteiger partial charge is 0.506 e. The molecule has 0 saturated heterocycles. The molecule has 9 heteroatoms. The molecule has 0 radical (unpaired) electrons. The zero-order chi connectivity index (χ0) is 23.6. The Bertz CT molecular complexity index is 1200. The Balaban J connectivity index is 2.49. The van der Waals surface area contributed by atoms with Crippen LogP contribution in [0.4, 0.5) is 5.69 Å². The zero-order valence-corrected chi connectivity index (χ0v) is 19.1. The minimum Gasteiger partial charge on any atom is -0.506 e. The summed E-state index contributed by atoms with van der Waals surface area (Å²) in [4.78, 5) is 27.2. The lowest BCUT2D eigenvalue weighted by Gasteiger charge is -2.36. The molecule has 0 bridgehead atoms. The van der Waals surface area contributed by atoms with E-state index >= 15 is 0 Å². The Morgan fingerprint density at radius 2 is 1.75 bits per heavy atom. The molecule has 1 atom stereocenters. The Labute approximate surface area is 193 Å². The van der Waals surface area contributed by atoms with Crippen molar-refractivity contribution in [2.75, 3.05) is 19.1 Å². The Kier molecular flexibility index (Phi) is 6.55. The quantitative estimate of drug-likeness (QED) is 0.615. The van der Waals surface area contributed by atoms with Gasteiger partial charge in [0.1, 0.15) is 17.3 Å². The summed E-state index contributed by atoms with van der Waals surface area (Å²) in [7, 11) is 2.33. The van der Waals surface area contributed by atoms with Crippen molar-refractivity contribution in [3.63, 3.8) is 0 Å². The molecule has 32 heavy (non-hydrogen) atoms. The van der Waals surface area contributed by atoms with E-state index in [0.29, 0.717) is 15.6 Å². The molecule has 3 N–H and O–H groups in total. The topological polar surface area (TPSA) is 126 Å². The highest BCUT2D eigenvalue weighted by Crippen LogP contribution is 2.46. The number of aromatic hydroxyl groups is 1. The van der Waals surface area contributed by atoms with E-state index in [2.05, 4.69) is 22.0 Å². The summed E-state index contributed by atoms with van der Waals surface area (Å²) in [6.45, 7) is 1.69. The monoisotopic (exact) mass is 497 g/mol. The predicted molar refractivity (Wildman–Crippen MR) is 120 cm³/mol. The van der Waals surface area contributed by atoms with Gasteiger partial charge >= 0.3 is 11.9 Å². The fourth-order valence-corrected chi connectivity index (χ4v) is 4.01.